The molecule has 8 nitrogen and oxygen atoms in total. The molecule has 0 radical (unpaired) electrons. The fourth-order valence-corrected chi connectivity index (χ4v) is 7.13. The molecule has 1 amide bonds. The van der Waals surface area contributed by atoms with Gasteiger partial charge in [-0.15, -0.1) is 0 Å². The molecule has 2 bridgehead atoms. The van der Waals surface area contributed by atoms with Crippen LogP contribution in [0.4, 0.5) is 10.2 Å². The van der Waals surface area contributed by atoms with Gasteiger partial charge in [-0.25, -0.2) is 14.4 Å². The summed E-state index contributed by atoms with van der Waals surface area (Å²) in [4.78, 5) is 25.0. The molecule has 3 aliphatic carbocycles. The molecule has 0 spiro atoms. The lowest BCUT2D eigenvalue weighted by atomic mass is 9.45. The van der Waals surface area contributed by atoms with Crippen molar-refractivity contribution in [2.75, 3.05) is 32.1 Å². The Balaban J connectivity index is 1.24. The molecule has 4 aliphatic rings. The van der Waals surface area contributed by atoms with Crippen molar-refractivity contribution in [3.8, 4) is 5.75 Å². The van der Waals surface area contributed by atoms with Crippen molar-refractivity contribution in [2.45, 2.75) is 72.0 Å². The number of rotatable bonds is 7. The Hall–Kier alpha value is -3.20. The molecule has 1 aromatic carbocycles. The van der Waals surface area contributed by atoms with Crippen molar-refractivity contribution in [3.63, 3.8) is 0 Å². The highest BCUT2D eigenvalue weighted by atomic mass is 19.1. The van der Waals surface area contributed by atoms with Crippen LogP contribution >= 0.6 is 0 Å². The number of anilines is 1. The average molecular weight is 565 g/mol. The molecule has 41 heavy (non-hydrogen) atoms. The molecule has 1 saturated heterocycles. The molecule has 2 heterocycles. The summed E-state index contributed by atoms with van der Waals surface area (Å²) in [5.41, 5.74) is 1.40. The van der Waals surface area contributed by atoms with Crippen molar-refractivity contribution < 1.29 is 13.9 Å². The van der Waals surface area contributed by atoms with E-state index in [4.69, 9.17) is 9.73 Å². The largest absolute Gasteiger partial charge is 0.497 e. The van der Waals surface area contributed by atoms with Gasteiger partial charge in [0.2, 0.25) is 0 Å². The first-order valence-corrected chi connectivity index (χ1v) is 15.0. The number of hydrogen-bond donors (Lipinski definition) is 3. The van der Waals surface area contributed by atoms with Gasteiger partial charge in [-0.2, -0.15) is 0 Å². The molecular weight excluding hydrogens is 519 g/mol. The van der Waals surface area contributed by atoms with E-state index in [1.165, 1.54) is 19.6 Å². The molecule has 0 unspecified atom stereocenters. The third-order valence-corrected chi connectivity index (χ3v) is 9.66. The highest BCUT2D eigenvalue weighted by Gasteiger charge is 2.56. The van der Waals surface area contributed by atoms with Crippen LogP contribution in [-0.2, 0) is 6.42 Å². The number of ether oxygens (including phenoxy) is 1. The van der Waals surface area contributed by atoms with Crippen molar-refractivity contribution in [1.29, 1.82) is 0 Å². The molecule has 4 fully saturated rings. The van der Waals surface area contributed by atoms with Crippen molar-refractivity contribution in [3.05, 3.63) is 53.5 Å². The van der Waals surface area contributed by atoms with Gasteiger partial charge in [-0.1, -0.05) is 26.8 Å². The first-order valence-electron chi connectivity index (χ1n) is 15.0. The normalized spacial score (nSPS) is 29.0. The van der Waals surface area contributed by atoms with Gasteiger partial charge in [-0.3, -0.25) is 4.79 Å². The molecule has 6 rings (SSSR count). The Morgan fingerprint density at radius 2 is 1.93 bits per heavy atom. The number of piperazine rings is 1. The number of guanidine groups is 1. The van der Waals surface area contributed by atoms with E-state index in [1.807, 2.05) is 6.07 Å². The zero-order chi connectivity index (χ0) is 29.3. The molecule has 6 atom stereocenters. The summed E-state index contributed by atoms with van der Waals surface area (Å²) in [5, 5.41) is 9.98. The van der Waals surface area contributed by atoms with Crippen LogP contribution in [0, 0.1) is 29.0 Å². The van der Waals surface area contributed by atoms with E-state index in [1.54, 1.807) is 24.4 Å². The van der Waals surface area contributed by atoms with Crippen LogP contribution in [0.1, 0.15) is 63.4 Å². The Morgan fingerprint density at radius 1 is 1.17 bits per heavy atom. The predicted molar refractivity (Wildman–Crippen MR) is 161 cm³/mol. The number of halogens is 1. The van der Waals surface area contributed by atoms with Gasteiger partial charge >= 0.3 is 0 Å². The number of carbonyl (C=O) groups is 1. The predicted octanol–water partition coefficient (Wildman–Crippen LogP) is 4.72. The molecule has 3 N–H and O–H groups in total. The van der Waals surface area contributed by atoms with Crippen LogP contribution in [0.25, 0.3) is 0 Å². The van der Waals surface area contributed by atoms with Gasteiger partial charge in [0.05, 0.1) is 18.7 Å². The van der Waals surface area contributed by atoms with Gasteiger partial charge in [-0.05, 0) is 80.0 Å². The smallest absolute Gasteiger partial charge is 0.252 e. The summed E-state index contributed by atoms with van der Waals surface area (Å²) < 4.78 is 19.3. The third kappa shape index (κ3) is 6.35. The lowest BCUT2D eigenvalue weighted by Gasteiger charge is -2.61. The summed E-state index contributed by atoms with van der Waals surface area (Å²) >= 11 is 0. The number of carbonyl (C=O) groups excluding carboxylic acids is 1. The number of benzene rings is 1. The number of aliphatic imine (C=N–C) groups is 1. The second kappa shape index (κ2) is 12.0. The van der Waals surface area contributed by atoms with Crippen LogP contribution in [-0.4, -0.2) is 66.6 Å². The fourth-order valence-electron chi connectivity index (χ4n) is 7.13. The minimum atomic E-state index is -0.343. The molecule has 2 aromatic rings. The summed E-state index contributed by atoms with van der Waals surface area (Å²) in [6, 6.07) is 9.33. The van der Waals surface area contributed by atoms with Crippen molar-refractivity contribution >= 4 is 17.7 Å². The monoisotopic (exact) mass is 564 g/mol. The van der Waals surface area contributed by atoms with Gasteiger partial charge in [0.1, 0.15) is 17.4 Å². The number of aromatic nitrogens is 1. The summed E-state index contributed by atoms with van der Waals surface area (Å²) in [7, 11) is 1.50. The lowest BCUT2D eigenvalue weighted by Crippen LogP contribution is -2.59. The minimum absolute atomic E-state index is 0.241. The Bertz CT molecular complexity index is 1260. The highest BCUT2D eigenvalue weighted by molar-refractivity contribution is 5.95. The molecule has 1 aliphatic heterocycles. The molecule has 9 heteroatoms. The number of fused-ring (bicyclic) bond motifs is 2. The first kappa shape index (κ1) is 29.3. The topological polar surface area (TPSA) is 90.9 Å². The SMILES string of the molecule is COc1ccc(CCNC(=O)c2ccc(NC(=N[C@H]3C[C@@H]4C[C@H]([C@@H]3C)C4(C)C)N3C[C@H](C)N[C@@H](C)C3)nc2)c(F)c1. The van der Waals surface area contributed by atoms with Crippen molar-refractivity contribution in [2.24, 2.45) is 28.2 Å². The Morgan fingerprint density at radius 3 is 2.54 bits per heavy atom. The molecule has 222 valence electrons. The average Bonchev–Trinajstić information content (AvgIpc) is 2.93. The van der Waals surface area contributed by atoms with Crippen LogP contribution < -0.4 is 20.7 Å². The van der Waals surface area contributed by atoms with Gasteiger partial charge < -0.3 is 25.6 Å². The van der Waals surface area contributed by atoms with E-state index in [2.05, 4.69) is 60.5 Å². The quantitative estimate of drug-likeness (QED) is 0.333. The fraction of sp³-hybridized carbons (Fsp3) is 0.594. The number of hydrogen-bond acceptors (Lipinski definition) is 5. The number of nitrogens with one attached hydrogen (secondary N) is 3. The zero-order valence-electron chi connectivity index (χ0n) is 25.2. The molecular formula is C32H45FN6O2. The lowest BCUT2D eigenvalue weighted by molar-refractivity contribution is -0.108. The summed E-state index contributed by atoms with van der Waals surface area (Å²) in [6.45, 7) is 13.7. The third-order valence-electron chi connectivity index (χ3n) is 9.66. The van der Waals surface area contributed by atoms with E-state index >= 15 is 0 Å². The summed E-state index contributed by atoms with van der Waals surface area (Å²) in [5.74, 6) is 3.40. The maximum atomic E-state index is 14.2. The van der Waals surface area contributed by atoms with E-state index in [9.17, 15) is 9.18 Å². The van der Waals surface area contributed by atoms with Crippen LogP contribution in [0.2, 0.25) is 0 Å². The van der Waals surface area contributed by atoms with E-state index < -0.39 is 0 Å². The first-order chi connectivity index (χ1) is 19.5. The van der Waals surface area contributed by atoms with Crippen LogP contribution in [0.15, 0.2) is 41.5 Å². The van der Waals surface area contributed by atoms with E-state index in [-0.39, 0.29) is 17.8 Å². The Kier molecular flexibility index (Phi) is 8.55. The second-order valence-electron chi connectivity index (χ2n) is 12.9. The Labute approximate surface area is 243 Å². The molecule has 3 saturated carbocycles. The maximum Gasteiger partial charge on any atom is 0.252 e. The van der Waals surface area contributed by atoms with Gasteiger partial charge in [0.15, 0.2) is 5.96 Å². The minimum Gasteiger partial charge on any atom is -0.497 e. The number of nitrogens with zero attached hydrogens (tertiary/aromatic N) is 3. The maximum absolute atomic E-state index is 14.2. The highest BCUT2D eigenvalue weighted by Crippen LogP contribution is 2.61. The summed E-state index contributed by atoms with van der Waals surface area (Å²) in [6.07, 6.45) is 4.41. The van der Waals surface area contributed by atoms with Crippen molar-refractivity contribution in [1.82, 2.24) is 20.5 Å². The van der Waals surface area contributed by atoms with Crippen LogP contribution in [0.5, 0.6) is 5.75 Å². The zero-order valence-corrected chi connectivity index (χ0v) is 25.2. The van der Waals surface area contributed by atoms with Gasteiger partial charge in [0, 0.05) is 44.0 Å². The van der Waals surface area contributed by atoms with Crippen LogP contribution in [0.3, 0.4) is 0 Å². The van der Waals surface area contributed by atoms with Gasteiger partial charge in [0.25, 0.3) is 5.91 Å². The number of pyridine rings is 1. The van der Waals surface area contributed by atoms with E-state index in [0.29, 0.717) is 65.0 Å². The second-order valence-corrected chi connectivity index (χ2v) is 12.9. The number of amides is 1. The number of methoxy groups -OCH3 is 1. The standard InChI is InChI=1S/C32H45FN6O2/c1-19-17-39(18-20(2)36-19)31(37-28-14-24-13-26(21(28)3)32(24,4)5)38-29-10-8-23(16-35-29)30(40)34-12-11-22-7-9-25(41-6)15-27(22)33/h7-10,15-16,19-21,24,26,28,36H,11-14,17-18H2,1-6H3,(H,34,40)(H,35,37,38)/t19-,20-,21-,24-,26+,28-/m0/s1. The van der Waals surface area contributed by atoms with E-state index in [0.717, 1.165) is 31.4 Å². The molecule has 1 aromatic heterocycles.